The third-order valence-electron chi connectivity index (χ3n) is 2.16. The lowest BCUT2D eigenvalue weighted by atomic mass is 10.1. The van der Waals surface area contributed by atoms with Gasteiger partial charge in [0.15, 0.2) is 0 Å². The van der Waals surface area contributed by atoms with Gasteiger partial charge in [-0.2, -0.15) is 0 Å². The van der Waals surface area contributed by atoms with E-state index in [1.807, 2.05) is 0 Å². The molecule has 1 heterocycles. The summed E-state index contributed by atoms with van der Waals surface area (Å²) in [6.45, 7) is 5.22. The van der Waals surface area contributed by atoms with E-state index in [1.165, 1.54) is 22.4 Å². The van der Waals surface area contributed by atoms with Crippen LogP contribution in [-0.4, -0.2) is 12.3 Å². The maximum atomic E-state index is 4.16. The summed E-state index contributed by atoms with van der Waals surface area (Å²) in [5.74, 6) is 0. The van der Waals surface area contributed by atoms with E-state index in [2.05, 4.69) is 37.0 Å². The van der Waals surface area contributed by atoms with Crippen molar-refractivity contribution >= 4 is 5.71 Å². The fourth-order valence-corrected chi connectivity index (χ4v) is 1.14. The molecule has 56 valence electrons. The Morgan fingerprint density at radius 1 is 1.18 bits per heavy atom. The molecule has 1 aliphatic rings. The lowest BCUT2D eigenvalue weighted by Gasteiger charge is -1.99. The second kappa shape index (κ2) is 2.19. The van der Waals surface area contributed by atoms with Crippen LogP contribution in [0.25, 0.3) is 0 Å². The number of hydrogen-bond donors (Lipinski definition) is 0. The van der Waals surface area contributed by atoms with Crippen molar-refractivity contribution in [1.82, 2.24) is 0 Å². The van der Waals surface area contributed by atoms with Gasteiger partial charge >= 0.3 is 0 Å². The molecule has 1 heteroatoms. The highest BCUT2D eigenvalue weighted by molar-refractivity contribution is 6.10. The zero-order valence-corrected chi connectivity index (χ0v) is 6.89. The van der Waals surface area contributed by atoms with Gasteiger partial charge in [-0.05, 0) is 36.6 Å². The minimum atomic E-state index is 0.947. The Kier molecular flexibility index (Phi) is 1.31. The first-order chi connectivity index (χ1) is 5.27. The molecule has 0 fully saturated rings. The molecule has 0 aromatic heterocycles. The Morgan fingerprint density at radius 2 is 1.91 bits per heavy atom. The number of rotatable bonds is 1. The van der Waals surface area contributed by atoms with Crippen molar-refractivity contribution in [2.45, 2.75) is 13.8 Å². The molecule has 0 atom stereocenters. The smallest absolute Gasteiger partial charge is 0.0817 e. The first-order valence-electron chi connectivity index (χ1n) is 3.88. The first-order valence-corrected chi connectivity index (χ1v) is 3.88. The predicted octanol–water partition coefficient (Wildman–Crippen LogP) is 2.11. The monoisotopic (exact) mass is 145 g/mol. The Bertz CT molecular complexity index is 324. The maximum absolute atomic E-state index is 4.16. The number of aliphatic imine (C=N–C) groups is 1. The van der Waals surface area contributed by atoms with Crippen LogP contribution in [0, 0.1) is 13.8 Å². The minimum Gasteiger partial charge on any atom is -0.281 e. The van der Waals surface area contributed by atoms with E-state index < -0.39 is 0 Å². The van der Waals surface area contributed by atoms with Crippen LogP contribution < -0.4 is 0 Å². The second-order valence-corrected chi connectivity index (χ2v) is 3.06. The molecule has 2 rings (SSSR count). The van der Waals surface area contributed by atoms with Gasteiger partial charge in [0.2, 0.25) is 0 Å². The highest BCUT2D eigenvalue weighted by Crippen LogP contribution is 2.15. The summed E-state index contributed by atoms with van der Waals surface area (Å²) in [5.41, 5.74) is 5.27. The van der Waals surface area contributed by atoms with Crippen LogP contribution in [-0.2, 0) is 0 Å². The van der Waals surface area contributed by atoms with E-state index in [0.29, 0.717) is 0 Å². The average Bonchev–Trinajstić information content (AvgIpc) is 2.77. The first kappa shape index (κ1) is 6.59. The molecule has 1 aromatic carbocycles. The summed E-state index contributed by atoms with van der Waals surface area (Å²) < 4.78 is 0. The molecular formula is C10H11N. The molecule has 1 nitrogen and oxygen atoms in total. The third kappa shape index (κ3) is 1.18. The van der Waals surface area contributed by atoms with Crippen LogP contribution in [0.4, 0.5) is 0 Å². The summed E-state index contributed by atoms with van der Waals surface area (Å²) in [4.78, 5) is 4.16. The molecule has 11 heavy (non-hydrogen) atoms. The predicted molar refractivity (Wildman–Crippen MR) is 47.3 cm³/mol. The number of aryl methyl sites for hydroxylation is 2. The van der Waals surface area contributed by atoms with Crippen molar-refractivity contribution in [2.24, 2.45) is 4.99 Å². The molecule has 0 spiro atoms. The van der Waals surface area contributed by atoms with E-state index in [9.17, 15) is 0 Å². The van der Waals surface area contributed by atoms with Gasteiger partial charge < -0.3 is 0 Å². The van der Waals surface area contributed by atoms with Crippen molar-refractivity contribution in [2.75, 3.05) is 6.54 Å². The van der Waals surface area contributed by atoms with Gasteiger partial charge in [0.25, 0.3) is 0 Å². The molecule has 0 saturated carbocycles. The standard InChI is InChI=1S/C10H11N/c1-7-3-4-9(5-8(7)2)10-6-11-10/h3-5H,6H2,1-2H3. The molecule has 0 amide bonds. The van der Waals surface area contributed by atoms with Crippen molar-refractivity contribution < 1.29 is 0 Å². The van der Waals surface area contributed by atoms with Gasteiger partial charge in [-0.15, -0.1) is 0 Å². The van der Waals surface area contributed by atoms with Gasteiger partial charge in [-0.3, -0.25) is 4.99 Å². The summed E-state index contributed by atoms with van der Waals surface area (Å²) in [6, 6.07) is 6.51. The fourth-order valence-electron chi connectivity index (χ4n) is 1.14. The van der Waals surface area contributed by atoms with Gasteiger partial charge in [0, 0.05) is 0 Å². The number of nitrogens with zero attached hydrogens (tertiary/aromatic N) is 1. The van der Waals surface area contributed by atoms with Crippen LogP contribution >= 0.6 is 0 Å². The molecule has 0 aliphatic carbocycles. The van der Waals surface area contributed by atoms with Crippen molar-refractivity contribution in [3.63, 3.8) is 0 Å². The Morgan fingerprint density at radius 3 is 2.45 bits per heavy atom. The van der Waals surface area contributed by atoms with Crippen molar-refractivity contribution in [3.05, 3.63) is 34.9 Å². The van der Waals surface area contributed by atoms with Gasteiger partial charge in [0.1, 0.15) is 0 Å². The van der Waals surface area contributed by atoms with Gasteiger partial charge in [0.05, 0.1) is 12.3 Å². The maximum Gasteiger partial charge on any atom is 0.0817 e. The quantitative estimate of drug-likeness (QED) is 0.574. The highest BCUT2D eigenvalue weighted by atomic mass is 14.9. The molecular weight excluding hydrogens is 134 g/mol. The molecule has 1 aliphatic heterocycles. The van der Waals surface area contributed by atoms with Crippen molar-refractivity contribution in [1.29, 1.82) is 0 Å². The molecule has 0 radical (unpaired) electrons. The van der Waals surface area contributed by atoms with Crippen LogP contribution in [0.2, 0.25) is 0 Å². The van der Waals surface area contributed by atoms with Crippen LogP contribution in [0.3, 0.4) is 0 Å². The Hall–Kier alpha value is -1.11. The molecule has 0 saturated heterocycles. The summed E-state index contributed by atoms with van der Waals surface area (Å²) in [6.07, 6.45) is 0. The third-order valence-corrected chi connectivity index (χ3v) is 2.16. The largest absolute Gasteiger partial charge is 0.281 e. The SMILES string of the molecule is Cc1ccc(C2=NC2)cc1C. The summed E-state index contributed by atoms with van der Waals surface area (Å²) in [5, 5.41) is 0. The topological polar surface area (TPSA) is 12.4 Å². The van der Waals surface area contributed by atoms with E-state index >= 15 is 0 Å². The Labute approximate surface area is 66.8 Å². The van der Waals surface area contributed by atoms with E-state index in [4.69, 9.17) is 0 Å². The molecule has 1 aromatic rings. The molecule has 0 bridgehead atoms. The molecule has 0 unspecified atom stereocenters. The zero-order valence-electron chi connectivity index (χ0n) is 6.89. The van der Waals surface area contributed by atoms with Crippen LogP contribution in [0.5, 0.6) is 0 Å². The fraction of sp³-hybridized carbons (Fsp3) is 0.300. The minimum absolute atomic E-state index is 0.947. The zero-order chi connectivity index (χ0) is 7.84. The van der Waals surface area contributed by atoms with Gasteiger partial charge in [-0.25, -0.2) is 0 Å². The number of hydrogen-bond acceptors (Lipinski definition) is 1. The van der Waals surface area contributed by atoms with Gasteiger partial charge in [-0.1, -0.05) is 12.1 Å². The lowest BCUT2D eigenvalue weighted by Crippen LogP contribution is -1.89. The highest BCUT2D eigenvalue weighted by Gasteiger charge is 2.12. The summed E-state index contributed by atoms with van der Waals surface area (Å²) in [7, 11) is 0. The number of benzene rings is 1. The van der Waals surface area contributed by atoms with Crippen molar-refractivity contribution in [3.8, 4) is 0 Å². The van der Waals surface area contributed by atoms with E-state index in [0.717, 1.165) is 6.54 Å². The lowest BCUT2D eigenvalue weighted by molar-refractivity contribution is 1.34. The average molecular weight is 145 g/mol. The van der Waals surface area contributed by atoms with Crippen LogP contribution in [0.1, 0.15) is 16.7 Å². The second-order valence-electron chi connectivity index (χ2n) is 3.06. The van der Waals surface area contributed by atoms with E-state index in [-0.39, 0.29) is 0 Å². The molecule has 0 N–H and O–H groups in total. The Balaban J connectivity index is 2.44. The normalized spacial score (nSPS) is 14.5. The summed E-state index contributed by atoms with van der Waals surface area (Å²) >= 11 is 0. The van der Waals surface area contributed by atoms with E-state index in [1.54, 1.807) is 0 Å². The van der Waals surface area contributed by atoms with Crippen LogP contribution in [0.15, 0.2) is 23.2 Å².